The first kappa shape index (κ1) is 18.9. The molecule has 0 saturated carbocycles. The number of pyridine rings is 1. The topological polar surface area (TPSA) is 63.7 Å². The molecule has 0 spiro atoms. The molecular formula is C22H27N3O3. The van der Waals surface area contributed by atoms with E-state index in [9.17, 15) is 4.79 Å². The highest BCUT2D eigenvalue weighted by atomic mass is 16.5. The van der Waals surface area contributed by atoms with Gasteiger partial charge < -0.3 is 19.7 Å². The van der Waals surface area contributed by atoms with E-state index in [1.54, 1.807) is 12.3 Å². The molecule has 1 atom stereocenters. The number of amides is 1. The first-order valence-electron chi connectivity index (χ1n) is 10.1. The highest BCUT2D eigenvalue weighted by molar-refractivity contribution is 5.92. The molecule has 2 aromatic rings. The summed E-state index contributed by atoms with van der Waals surface area (Å²) in [5.74, 6) is 2.06. The summed E-state index contributed by atoms with van der Waals surface area (Å²) in [7, 11) is 0. The standard InChI is InChI=1S/C22H27N3O3/c26-22(18-8-11-25(12-9-18)15-17-10-13-27-16-17)24-19-6-7-21(23-14-19)28-20-4-2-1-3-5-20/h1-7,14,17-18H,8-13,15-16H2,(H,24,26). The molecule has 2 fully saturated rings. The van der Waals surface area contributed by atoms with E-state index in [0.29, 0.717) is 17.5 Å². The van der Waals surface area contributed by atoms with Gasteiger partial charge in [0, 0.05) is 25.1 Å². The van der Waals surface area contributed by atoms with Gasteiger partial charge in [-0.2, -0.15) is 0 Å². The van der Waals surface area contributed by atoms with Crippen LogP contribution < -0.4 is 10.1 Å². The maximum absolute atomic E-state index is 12.6. The first-order valence-corrected chi connectivity index (χ1v) is 10.1. The van der Waals surface area contributed by atoms with Crippen LogP contribution in [0.3, 0.4) is 0 Å². The molecule has 1 amide bonds. The number of anilines is 1. The number of carbonyl (C=O) groups excluding carboxylic acids is 1. The highest BCUT2D eigenvalue weighted by Gasteiger charge is 2.27. The minimum absolute atomic E-state index is 0.0660. The third-order valence-electron chi connectivity index (χ3n) is 5.47. The molecule has 1 N–H and O–H groups in total. The lowest BCUT2D eigenvalue weighted by Gasteiger charge is -2.32. The number of carbonyl (C=O) groups is 1. The van der Waals surface area contributed by atoms with Crippen molar-refractivity contribution in [2.75, 3.05) is 38.2 Å². The van der Waals surface area contributed by atoms with E-state index in [1.165, 1.54) is 0 Å². The molecule has 2 aliphatic rings. The number of rotatable bonds is 6. The lowest BCUT2D eigenvalue weighted by atomic mass is 9.95. The number of hydrogen-bond donors (Lipinski definition) is 1. The van der Waals surface area contributed by atoms with Crippen LogP contribution in [0.25, 0.3) is 0 Å². The molecule has 6 heteroatoms. The summed E-state index contributed by atoms with van der Waals surface area (Å²) < 4.78 is 11.1. The van der Waals surface area contributed by atoms with Crippen LogP contribution in [0.1, 0.15) is 19.3 Å². The van der Waals surface area contributed by atoms with E-state index in [2.05, 4.69) is 15.2 Å². The molecule has 1 aromatic carbocycles. The van der Waals surface area contributed by atoms with Crippen LogP contribution in [0, 0.1) is 11.8 Å². The summed E-state index contributed by atoms with van der Waals surface area (Å²) >= 11 is 0. The zero-order chi connectivity index (χ0) is 19.2. The Morgan fingerprint density at radius 3 is 2.64 bits per heavy atom. The molecule has 6 nitrogen and oxygen atoms in total. The number of para-hydroxylation sites is 1. The molecule has 0 bridgehead atoms. The van der Waals surface area contributed by atoms with Crippen molar-refractivity contribution < 1.29 is 14.3 Å². The molecule has 148 valence electrons. The fraction of sp³-hybridized carbons (Fsp3) is 0.455. The van der Waals surface area contributed by atoms with Crippen molar-refractivity contribution in [2.45, 2.75) is 19.3 Å². The van der Waals surface area contributed by atoms with E-state index in [4.69, 9.17) is 9.47 Å². The van der Waals surface area contributed by atoms with Gasteiger partial charge in [0.15, 0.2) is 0 Å². The van der Waals surface area contributed by atoms with Crippen LogP contribution in [0.15, 0.2) is 48.7 Å². The predicted octanol–water partition coefficient (Wildman–Crippen LogP) is 3.56. The molecule has 2 saturated heterocycles. The van der Waals surface area contributed by atoms with E-state index >= 15 is 0 Å². The molecule has 4 rings (SSSR count). The van der Waals surface area contributed by atoms with E-state index in [0.717, 1.165) is 57.9 Å². The number of aromatic nitrogens is 1. The average molecular weight is 381 g/mol. The summed E-state index contributed by atoms with van der Waals surface area (Å²) in [6.45, 7) is 4.85. The predicted molar refractivity (Wildman–Crippen MR) is 107 cm³/mol. The number of nitrogens with zero attached hydrogens (tertiary/aromatic N) is 2. The second-order valence-electron chi connectivity index (χ2n) is 7.59. The number of benzene rings is 1. The van der Waals surface area contributed by atoms with Crippen molar-refractivity contribution in [3.8, 4) is 11.6 Å². The fourth-order valence-corrected chi connectivity index (χ4v) is 3.84. The summed E-state index contributed by atoms with van der Waals surface area (Å²) in [6, 6.07) is 13.1. The number of hydrogen-bond acceptors (Lipinski definition) is 5. The Morgan fingerprint density at radius 1 is 1.14 bits per heavy atom. The maximum Gasteiger partial charge on any atom is 0.227 e. The Hall–Kier alpha value is -2.44. The molecular weight excluding hydrogens is 354 g/mol. The normalized spacial score (nSPS) is 20.8. The van der Waals surface area contributed by atoms with Crippen LogP contribution in [0.5, 0.6) is 11.6 Å². The Balaban J connectivity index is 1.23. The second kappa shape index (κ2) is 9.17. The zero-order valence-corrected chi connectivity index (χ0v) is 16.0. The van der Waals surface area contributed by atoms with Crippen LogP contribution in [0.4, 0.5) is 5.69 Å². The van der Waals surface area contributed by atoms with Gasteiger partial charge in [-0.3, -0.25) is 4.79 Å². The Bertz CT molecular complexity index is 752. The van der Waals surface area contributed by atoms with Gasteiger partial charge in [-0.1, -0.05) is 18.2 Å². The van der Waals surface area contributed by atoms with Gasteiger partial charge in [0.1, 0.15) is 5.75 Å². The van der Waals surface area contributed by atoms with Crippen LogP contribution in [-0.4, -0.2) is 48.6 Å². The van der Waals surface area contributed by atoms with Gasteiger partial charge in [-0.05, 0) is 56.5 Å². The Labute approximate surface area is 165 Å². The highest BCUT2D eigenvalue weighted by Crippen LogP contribution is 2.23. The SMILES string of the molecule is O=C(Nc1ccc(Oc2ccccc2)nc1)C1CCN(CC2CCOC2)CC1. The third-order valence-corrected chi connectivity index (χ3v) is 5.47. The molecule has 1 aromatic heterocycles. The molecule has 3 heterocycles. The number of likely N-dealkylation sites (tertiary alicyclic amines) is 1. The fourth-order valence-electron chi connectivity index (χ4n) is 3.84. The summed E-state index contributed by atoms with van der Waals surface area (Å²) in [6.07, 6.45) is 4.62. The van der Waals surface area contributed by atoms with Crippen molar-refractivity contribution in [1.82, 2.24) is 9.88 Å². The monoisotopic (exact) mass is 381 g/mol. The van der Waals surface area contributed by atoms with Gasteiger partial charge in [-0.15, -0.1) is 0 Å². The van der Waals surface area contributed by atoms with Crippen LogP contribution in [0.2, 0.25) is 0 Å². The van der Waals surface area contributed by atoms with Crippen LogP contribution in [-0.2, 0) is 9.53 Å². The quantitative estimate of drug-likeness (QED) is 0.829. The Morgan fingerprint density at radius 2 is 1.96 bits per heavy atom. The zero-order valence-electron chi connectivity index (χ0n) is 16.0. The van der Waals surface area contributed by atoms with Crippen molar-refractivity contribution in [2.24, 2.45) is 11.8 Å². The lowest BCUT2D eigenvalue weighted by Crippen LogP contribution is -2.40. The van der Waals surface area contributed by atoms with Gasteiger partial charge in [-0.25, -0.2) is 4.98 Å². The largest absolute Gasteiger partial charge is 0.439 e. The minimum atomic E-state index is 0.0660. The summed E-state index contributed by atoms with van der Waals surface area (Å²) in [5.41, 5.74) is 0.705. The number of nitrogens with one attached hydrogen (secondary N) is 1. The summed E-state index contributed by atoms with van der Waals surface area (Å²) in [4.78, 5) is 19.3. The first-order chi connectivity index (χ1) is 13.8. The molecule has 2 aliphatic heterocycles. The van der Waals surface area contributed by atoms with Crippen molar-refractivity contribution >= 4 is 11.6 Å². The van der Waals surface area contributed by atoms with Gasteiger partial charge >= 0.3 is 0 Å². The molecule has 0 aliphatic carbocycles. The summed E-state index contributed by atoms with van der Waals surface area (Å²) in [5, 5.41) is 3.00. The van der Waals surface area contributed by atoms with E-state index in [-0.39, 0.29) is 11.8 Å². The van der Waals surface area contributed by atoms with E-state index in [1.807, 2.05) is 36.4 Å². The number of ether oxygens (including phenoxy) is 2. The van der Waals surface area contributed by atoms with Crippen LogP contribution >= 0.6 is 0 Å². The molecule has 1 unspecified atom stereocenters. The number of piperidine rings is 1. The average Bonchev–Trinajstić information content (AvgIpc) is 3.24. The van der Waals surface area contributed by atoms with Crippen molar-refractivity contribution in [3.05, 3.63) is 48.7 Å². The van der Waals surface area contributed by atoms with Gasteiger partial charge in [0.25, 0.3) is 0 Å². The minimum Gasteiger partial charge on any atom is -0.439 e. The Kier molecular flexibility index (Phi) is 6.19. The molecule has 28 heavy (non-hydrogen) atoms. The van der Waals surface area contributed by atoms with E-state index < -0.39 is 0 Å². The lowest BCUT2D eigenvalue weighted by molar-refractivity contribution is -0.121. The van der Waals surface area contributed by atoms with Crippen molar-refractivity contribution in [3.63, 3.8) is 0 Å². The second-order valence-corrected chi connectivity index (χ2v) is 7.59. The molecule has 0 radical (unpaired) electrons. The van der Waals surface area contributed by atoms with Gasteiger partial charge in [0.2, 0.25) is 11.8 Å². The van der Waals surface area contributed by atoms with Crippen molar-refractivity contribution in [1.29, 1.82) is 0 Å². The third kappa shape index (κ3) is 5.09. The maximum atomic E-state index is 12.6. The smallest absolute Gasteiger partial charge is 0.227 e. The van der Waals surface area contributed by atoms with Gasteiger partial charge in [0.05, 0.1) is 18.5 Å².